The molecular formula is C21H18N4O4. The fourth-order valence-corrected chi connectivity index (χ4v) is 2.94. The van der Waals surface area contributed by atoms with Crippen LogP contribution >= 0.6 is 0 Å². The van der Waals surface area contributed by atoms with Crippen LogP contribution in [-0.4, -0.2) is 32.1 Å². The third-order valence-corrected chi connectivity index (χ3v) is 4.28. The van der Waals surface area contributed by atoms with Crippen LogP contribution in [0.15, 0.2) is 70.2 Å². The van der Waals surface area contributed by atoms with Gasteiger partial charge in [0.25, 0.3) is 6.01 Å². The Hall–Kier alpha value is -3.94. The first kappa shape index (κ1) is 18.4. The fraction of sp³-hybridized carbons (Fsp3) is 0.143. The van der Waals surface area contributed by atoms with Crippen molar-refractivity contribution in [3.05, 3.63) is 61.4 Å². The van der Waals surface area contributed by atoms with E-state index in [2.05, 4.69) is 20.3 Å². The second-order valence-electron chi connectivity index (χ2n) is 6.52. The Morgan fingerprint density at radius 3 is 2.55 bits per heavy atom. The molecule has 3 heterocycles. The van der Waals surface area contributed by atoms with Crippen LogP contribution in [0.5, 0.6) is 0 Å². The smallest absolute Gasteiger partial charge is 0.305 e. The standard InChI is InChI=1S/C21H18N4O4/c1-13(9-18(26)27)24-21-25-19(20(29-21)16-3-2-8-22-10-16)15-6-4-14(5-7-15)17-11-23-12-28-17/h2-8,10-13H,9H2,1H3,(H,24,25)(H,26,27). The van der Waals surface area contributed by atoms with Crippen molar-refractivity contribution in [1.82, 2.24) is 15.0 Å². The molecule has 146 valence electrons. The highest BCUT2D eigenvalue weighted by Crippen LogP contribution is 2.35. The highest BCUT2D eigenvalue weighted by atomic mass is 16.4. The van der Waals surface area contributed by atoms with Crippen LogP contribution in [-0.2, 0) is 4.79 Å². The summed E-state index contributed by atoms with van der Waals surface area (Å²) in [5.41, 5.74) is 3.14. The number of aromatic nitrogens is 3. The summed E-state index contributed by atoms with van der Waals surface area (Å²) >= 11 is 0. The third kappa shape index (κ3) is 4.16. The maximum Gasteiger partial charge on any atom is 0.305 e. The van der Waals surface area contributed by atoms with Gasteiger partial charge < -0.3 is 19.3 Å². The Kier molecular flexibility index (Phi) is 5.07. The van der Waals surface area contributed by atoms with E-state index in [0.29, 0.717) is 17.2 Å². The average molecular weight is 390 g/mol. The monoisotopic (exact) mass is 390 g/mol. The summed E-state index contributed by atoms with van der Waals surface area (Å²) in [5, 5.41) is 12.0. The zero-order chi connectivity index (χ0) is 20.2. The van der Waals surface area contributed by atoms with Gasteiger partial charge in [-0.2, -0.15) is 4.98 Å². The topological polar surface area (TPSA) is 114 Å². The highest BCUT2D eigenvalue weighted by molar-refractivity contribution is 5.79. The molecule has 0 aliphatic rings. The van der Waals surface area contributed by atoms with Gasteiger partial charge in [-0.3, -0.25) is 9.78 Å². The van der Waals surface area contributed by atoms with Crippen LogP contribution in [0.2, 0.25) is 0 Å². The minimum absolute atomic E-state index is 0.0498. The molecule has 4 rings (SSSR count). The summed E-state index contributed by atoms with van der Waals surface area (Å²) in [6, 6.07) is 11.3. The molecule has 3 aromatic heterocycles. The molecule has 8 nitrogen and oxygen atoms in total. The molecular weight excluding hydrogens is 372 g/mol. The number of hydrogen-bond donors (Lipinski definition) is 2. The van der Waals surface area contributed by atoms with Crippen LogP contribution < -0.4 is 5.32 Å². The first-order chi connectivity index (χ1) is 14.1. The number of oxazole rings is 2. The van der Waals surface area contributed by atoms with E-state index in [1.807, 2.05) is 36.4 Å². The van der Waals surface area contributed by atoms with Crippen molar-refractivity contribution in [1.29, 1.82) is 0 Å². The Balaban J connectivity index is 1.70. The number of nitrogens with one attached hydrogen (secondary N) is 1. The minimum atomic E-state index is -0.896. The molecule has 1 unspecified atom stereocenters. The van der Waals surface area contributed by atoms with Crippen molar-refractivity contribution in [3.63, 3.8) is 0 Å². The van der Waals surface area contributed by atoms with Crippen LogP contribution in [0, 0.1) is 0 Å². The summed E-state index contributed by atoms with van der Waals surface area (Å²) < 4.78 is 11.3. The van der Waals surface area contributed by atoms with Crippen molar-refractivity contribution >= 4 is 12.0 Å². The van der Waals surface area contributed by atoms with Gasteiger partial charge in [0.1, 0.15) is 5.69 Å². The number of pyridine rings is 1. The Bertz CT molecular complexity index is 1090. The predicted octanol–water partition coefficient (Wildman–Crippen LogP) is 4.33. The number of hydrogen-bond acceptors (Lipinski definition) is 7. The molecule has 2 N–H and O–H groups in total. The maximum absolute atomic E-state index is 10.9. The van der Waals surface area contributed by atoms with Gasteiger partial charge in [-0.15, -0.1) is 0 Å². The van der Waals surface area contributed by atoms with Crippen LogP contribution in [0.3, 0.4) is 0 Å². The second kappa shape index (κ2) is 7.97. The van der Waals surface area contributed by atoms with E-state index in [4.69, 9.17) is 13.9 Å². The SMILES string of the molecule is CC(CC(=O)O)Nc1nc(-c2ccc(-c3cnco3)cc2)c(-c2cccnc2)o1. The summed E-state index contributed by atoms with van der Waals surface area (Å²) in [4.78, 5) is 23.6. The van der Waals surface area contributed by atoms with Crippen molar-refractivity contribution in [3.8, 4) is 33.9 Å². The molecule has 0 aliphatic heterocycles. The van der Waals surface area contributed by atoms with E-state index in [-0.39, 0.29) is 18.5 Å². The van der Waals surface area contributed by atoms with Gasteiger partial charge in [0.15, 0.2) is 17.9 Å². The zero-order valence-corrected chi connectivity index (χ0v) is 15.6. The lowest BCUT2D eigenvalue weighted by molar-refractivity contribution is -0.137. The predicted molar refractivity (Wildman–Crippen MR) is 106 cm³/mol. The van der Waals surface area contributed by atoms with Crippen molar-refractivity contribution in [2.24, 2.45) is 0 Å². The van der Waals surface area contributed by atoms with E-state index in [1.54, 1.807) is 25.5 Å². The maximum atomic E-state index is 10.9. The Labute approximate surface area is 166 Å². The molecule has 4 aromatic rings. The molecule has 0 radical (unpaired) electrons. The number of aliphatic carboxylic acids is 1. The molecule has 0 fully saturated rings. The van der Waals surface area contributed by atoms with E-state index in [1.165, 1.54) is 6.39 Å². The second-order valence-corrected chi connectivity index (χ2v) is 6.52. The van der Waals surface area contributed by atoms with Crippen molar-refractivity contribution in [2.45, 2.75) is 19.4 Å². The van der Waals surface area contributed by atoms with Gasteiger partial charge in [0.05, 0.1) is 12.6 Å². The number of benzene rings is 1. The number of carboxylic acids is 1. The summed E-state index contributed by atoms with van der Waals surface area (Å²) in [6.07, 6.45) is 6.36. The molecule has 0 saturated heterocycles. The summed E-state index contributed by atoms with van der Waals surface area (Å²) in [5.74, 6) is 0.330. The lowest BCUT2D eigenvalue weighted by atomic mass is 10.0. The summed E-state index contributed by atoms with van der Waals surface area (Å²) in [6.45, 7) is 1.76. The Morgan fingerprint density at radius 1 is 1.10 bits per heavy atom. The largest absolute Gasteiger partial charge is 0.481 e. The van der Waals surface area contributed by atoms with E-state index in [0.717, 1.165) is 16.7 Å². The van der Waals surface area contributed by atoms with E-state index < -0.39 is 5.97 Å². The summed E-state index contributed by atoms with van der Waals surface area (Å²) in [7, 11) is 0. The lowest BCUT2D eigenvalue weighted by Gasteiger charge is -2.08. The van der Waals surface area contributed by atoms with Gasteiger partial charge in [0.2, 0.25) is 0 Å². The number of carbonyl (C=O) groups is 1. The molecule has 0 saturated carbocycles. The number of nitrogens with zero attached hydrogens (tertiary/aromatic N) is 3. The molecule has 0 amide bonds. The van der Waals surface area contributed by atoms with Gasteiger partial charge in [-0.1, -0.05) is 24.3 Å². The lowest BCUT2D eigenvalue weighted by Crippen LogP contribution is -2.19. The molecule has 0 bridgehead atoms. The normalized spacial score (nSPS) is 11.9. The molecule has 1 aromatic carbocycles. The van der Waals surface area contributed by atoms with Crippen LogP contribution in [0.1, 0.15) is 13.3 Å². The average Bonchev–Trinajstić information content (AvgIpc) is 3.38. The van der Waals surface area contributed by atoms with Gasteiger partial charge in [0, 0.05) is 35.1 Å². The third-order valence-electron chi connectivity index (χ3n) is 4.28. The Morgan fingerprint density at radius 2 is 1.90 bits per heavy atom. The highest BCUT2D eigenvalue weighted by Gasteiger charge is 2.19. The van der Waals surface area contributed by atoms with E-state index >= 15 is 0 Å². The molecule has 29 heavy (non-hydrogen) atoms. The van der Waals surface area contributed by atoms with Crippen LogP contribution in [0.4, 0.5) is 6.01 Å². The van der Waals surface area contributed by atoms with Crippen molar-refractivity contribution < 1.29 is 18.7 Å². The number of anilines is 1. The first-order valence-electron chi connectivity index (χ1n) is 8.99. The fourth-order valence-electron chi connectivity index (χ4n) is 2.94. The number of rotatable bonds is 7. The first-order valence-corrected chi connectivity index (χ1v) is 8.99. The minimum Gasteiger partial charge on any atom is -0.481 e. The van der Waals surface area contributed by atoms with Crippen LogP contribution in [0.25, 0.3) is 33.9 Å². The zero-order valence-electron chi connectivity index (χ0n) is 15.6. The van der Waals surface area contributed by atoms with E-state index in [9.17, 15) is 4.79 Å². The van der Waals surface area contributed by atoms with Gasteiger partial charge >= 0.3 is 5.97 Å². The molecule has 1 atom stereocenters. The molecule has 0 spiro atoms. The number of carboxylic acid groups (broad SMARTS) is 1. The molecule has 8 heteroatoms. The van der Waals surface area contributed by atoms with Gasteiger partial charge in [-0.25, -0.2) is 4.98 Å². The quantitative estimate of drug-likeness (QED) is 0.479. The molecule has 0 aliphatic carbocycles. The van der Waals surface area contributed by atoms with Crippen molar-refractivity contribution in [2.75, 3.05) is 5.32 Å². The van der Waals surface area contributed by atoms with Gasteiger partial charge in [-0.05, 0) is 19.1 Å².